The summed E-state index contributed by atoms with van der Waals surface area (Å²) >= 11 is 0. The van der Waals surface area contributed by atoms with Crippen LogP contribution in [0.4, 0.5) is 5.82 Å². The summed E-state index contributed by atoms with van der Waals surface area (Å²) in [5.41, 5.74) is 7.78. The molecule has 3 aromatic rings. The number of imidazole rings is 1. The van der Waals surface area contributed by atoms with Crippen molar-refractivity contribution in [2.24, 2.45) is 0 Å². The fourth-order valence-electron chi connectivity index (χ4n) is 1.42. The number of hydrogen-bond donors (Lipinski definition) is 3. The van der Waals surface area contributed by atoms with Crippen molar-refractivity contribution in [2.45, 2.75) is 0 Å². The first kappa shape index (κ1) is 7.98. The lowest BCUT2D eigenvalue weighted by Crippen LogP contribution is -1.81. The number of nitrogens with two attached hydrogens (primary N) is 1. The van der Waals surface area contributed by atoms with Crippen LogP contribution < -0.4 is 5.73 Å². The predicted molar refractivity (Wildman–Crippen MR) is 55.9 cm³/mol. The lowest BCUT2D eigenvalue weighted by Gasteiger charge is -1.84. The number of anilines is 1. The minimum absolute atomic E-state index is 0.512. The van der Waals surface area contributed by atoms with Gasteiger partial charge in [0.05, 0.1) is 0 Å². The Kier molecular flexibility index (Phi) is 1.49. The van der Waals surface area contributed by atoms with E-state index in [1.165, 1.54) is 0 Å². The van der Waals surface area contributed by atoms with Crippen molar-refractivity contribution in [2.75, 3.05) is 5.73 Å². The first-order chi connectivity index (χ1) is 7.33. The summed E-state index contributed by atoms with van der Waals surface area (Å²) in [7, 11) is 0. The van der Waals surface area contributed by atoms with E-state index < -0.39 is 0 Å². The highest BCUT2D eigenvalue weighted by Gasteiger charge is 2.07. The molecule has 0 fully saturated rings. The summed E-state index contributed by atoms with van der Waals surface area (Å²) in [5, 5.41) is 6.67. The lowest BCUT2D eigenvalue weighted by atomic mass is 10.4. The van der Waals surface area contributed by atoms with Gasteiger partial charge < -0.3 is 10.7 Å². The molecule has 0 aliphatic carbocycles. The van der Waals surface area contributed by atoms with Crippen molar-refractivity contribution in [3.8, 4) is 11.5 Å². The van der Waals surface area contributed by atoms with Crippen molar-refractivity contribution in [1.82, 2.24) is 25.1 Å². The van der Waals surface area contributed by atoms with E-state index in [2.05, 4.69) is 25.1 Å². The van der Waals surface area contributed by atoms with E-state index in [1.54, 1.807) is 12.3 Å². The molecule has 15 heavy (non-hydrogen) atoms. The number of fused-ring (bicyclic) bond motifs is 1. The number of hydrogen-bond acceptors (Lipinski definition) is 4. The van der Waals surface area contributed by atoms with Crippen molar-refractivity contribution in [1.29, 1.82) is 0 Å². The molecule has 6 nitrogen and oxygen atoms in total. The number of H-pyrrole nitrogens is 2. The summed E-state index contributed by atoms with van der Waals surface area (Å²) in [6, 6.07) is 5.45. The van der Waals surface area contributed by atoms with E-state index >= 15 is 0 Å². The third-order valence-corrected chi connectivity index (χ3v) is 2.10. The average Bonchev–Trinajstić information content (AvgIpc) is 2.82. The molecule has 3 rings (SSSR count). The number of nitrogens with one attached hydrogen (secondary N) is 2. The third kappa shape index (κ3) is 1.23. The molecule has 0 radical (unpaired) electrons. The van der Waals surface area contributed by atoms with E-state index in [0.717, 1.165) is 11.2 Å². The van der Waals surface area contributed by atoms with Gasteiger partial charge in [0, 0.05) is 12.3 Å². The van der Waals surface area contributed by atoms with Gasteiger partial charge >= 0.3 is 0 Å². The van der Waals surface area contributed by atoms with Crippen molar-refractivity contribution >= 4 is 17.0 Å². The fourth-order valence-corrected chi connectivity index (χ4v) is 1.42. The molecule has 0 aromatic carbocycles. The predicted octanol–water partition coefficient (Wildman–Crippen LogP) is 0.930. The van der Waals surface area contributed by atoms with Gasteiger partial charge in [-0.2, -0.15) is 5.10 Å². The molecule has 4 N–H and O–H groups in total. The molecule has 0 saturated heterocycles. The number of nitrogen functional groups attached to an aromatic ring is 1. The number of aromatic nitrogens is 5. The van der Waals surface area contributed by atoms with Crippen LogP contribution in [0.5, 0.6) is 0 Å². The minimum atomic E-state index is 0.512. The Labute approximate surface area is 84.6 Å². The number of rotatable bonds is 1. The number of aromatic amines is 2. The molecule has 0 atom stereocenters. The molecule has 3 aromatic heterocycles. The summed E-state index contributed by atoms with van der Waals surface area (Å²) in [6.07, 6.45) is 1.71. The van der Waals surface area contributed by atoms with Crippen LogP contribution in [0.2, 0.25) is 0 Å². The fraction of sp³-hybridized carbons (Fsp3) is 0. The minimum Gasteiger partial charge on any atom is -0.384 e. The normalized spacial score (nSPS) is 10.9. The van der Waals surface area contributed by atoms with Gasteiger partial charge in [0.1, 0.15) is 17.0 Å². The Bertz CT molecular complexity index is 575. The zero-order valence-electron chi connectivity index (χ0n) is 7.73. The molecule has 0 bridgehead atoms. The molecular weight excluding hydrogens is 192 g/mol. The van der Waals surface area contributed by atoms with Gasteiger partial charge in [-0.05, 0) is 12.1 Å². The molecule has 3 heterocycles. The monoisotopic (exact) mass is 200 g/mol. The average molecular weight is 200 g/mol. The first-order valence-corrected chi connectivity index (χ1v) is 4.45. The molecule has 0 amide bonds. The van der Waals surface area contributed by atoms with Crippen LogP contribution in [-0.2, 0) is 0 Å². The largest absolute Gasteiger partial charge is 0.384 e. The SMILES string of the molecule is Nc1cc(-c2nc3cccnc3[nH]2)n[nH]1. The quantitative estimate of drug-likeness (QED) is 0.544. The Balaban J connectivity index is 2.19. The Morgan fingerprint density at radius 2 is 2.27 bits per heavy atom. The number of pyridine rings is 1. The first-order valence-electron chi connectivity index (χ1n) is 4.45. The van der Waals surface area contributed by atoms with Gasteiger partial charge in [-0.25, -0.2) is 9.97 Å². The van der Waals surface area contributed by atoms with E-state index in [9.17, 15) is 0 Å². The third-order valence-electron chi connectivity index (χ3n) is 2.10. The highest BCUT2D eigenvalue weighted by Crippen LogP contribution is 2.17. The standard InChI is InChI=1S/C9H8N6/c10-7-4-6(14-15-7)9-12-5-2-1-3-11-8(5)13-9/h1-4H,(H3,10,14,15)(H,11,12,13). The summed E-state index contributed by atoms with van der Waals surface area (Å²) < 4.78 is 0. The van der Waals surface area contributed by atoms with Crippen molar-refractivity contribution in [3.05, 3.63) is 24.4 Å². The van der Waals surface area contributed by atoms with E-state index in [4.69, 9.17) is 5.73 Å². The summed E-state index contributed by atoms with van der Waals surface area (Å²) in [5.74, 6) is 1.18. The van der Waals surface area contributed by atoms with Crippen LogP contribution in [0.15, 0.2) is 24.4 Å². The van der Waals surface area contributed by atoms with Crippen LogP contribution in [0.25, 0.3) is 22.7 Å². The van der Waals surface area contributed by atoms with Crippen molar-refractivity contribution < 1.29 is 0 Å². The molecular formula is C9H8N6. The van der Waals surface area contributed by atoms with Crippen LogP contribution >= 0.6 is 0 Å². The molecule has 0 aliphatic heterocycles. The van der Waals surface area contributed by atoms with Crippen molar-refractivity contribution in [3.63, 3.8) is 0 Å². The second-order valence-corrected chi connectivity index (χ2v) is 3.17. The maximum atomic E-state index is 5.53. The molecule has 0 saturated carbocycles. The molecule has 0 spiro atoms. The smallest absolute Gasteiger partial charge is 0.160 e. The second-order valence-electron chi connectivity index (χ2n) is 3.17. The second kappa shape index (κ2) is 2.81. The summed E-state index contributed by atoms with van der Waals surface area (Å²) in [6.45, 7) is 0. The summed E-state index contributed by atoms with van der Waals surface area (Å²) in [4.78, 5) is 11.6. The van der Waals surface area contributed by atoms with Gasteiger partial charge in [0.15, 0.2) is 11.5 Å². The van der Waals surface area contributed by atoms with Crippen LogP contribution in [0.1, 0.15) is 0 Å². The van der Waals surface area contributed by atoms with E-state index in [1.807, 2.05) is 12.1 Å². The zero-order valence-corrected chi connectivity index (χ0v) is 7.73. The Morgan fingerprint density at radius 1 is 1.33 bits per heavy atom. The van der Waals surface area contributed by atoms with E-state index in [-0.39, 0.29) is 0 Å². The van der Waals surface area contributed by atoms with Crippen LogP contribution in [0, 0.1) is 0 Å². The Morgan fingerprint density at radius 3 is 3.00 bits per heavy atom. The van der Waals surface area contributed by atoms with Crippen LogP contribution in [0.3, 0.4) is 0 Å². The molecule has 0 unspecified atom stereocenters. The highest BCUT2D eigenvalue weighted by atomic mass is 15.2. The van der Waals surface area contributed by atoms with Crippen LogP contribution in [-0.4, -0.2) is 25.1 Å². The molecule has 6 heteroatoms. The Hall–Kier alpha value is -2.37. The maximum absolute atomic E-state index is 5.53. The molecule has 74 valence electrons. The van der Waals surface area contributed by atoms with Gasteiger partial charge in [-0.1, -0.05) is 0 Å². The van der Waals surface area contributed by atoms with E-state index in [0.29, 0.717) is 17.3 Å². The van der Waals surface area contributed by atoms with Gasteiger partial charge in [-0.15, -0.1) is 0 Å². The highest BCUT2D eigenvalue weighted by molar-refractivity contribution is 5.74. The number of nitrogens with zero attached hydrogens (tertiary/aromatic N) is 3. The van der Waals surface area contributed by atoms with Gasteiger partial charge in [-0.3, -0.25) is 5.10 Å². The topological polar surface area (TPSA) is 96.3 Å². The molecule has 0 aliphatic rings. The maximum Gasteiger partial charge on any atom is 0.160 e. The van der Waals surface area contributed by atoms with Gasteiger partial charge in [0.2, 0.25) is 0 Å². The van der Waals surface area contributed by atoms with Gasteiger partial charge in [0.25, 0.3) is 0 Å². The lowest BCUT2D eigenvalue weighted by molar-refractivity contribution is 1.09. The zero-order chi connectivity index (χ0) is 10.3.